The van der Waals surface area contributed by atoms with E-state index in [0.29, 0.717) is 12.0 Å². The summed E-state index contributed by atoms with van der Waals surface area (Å²) in [7, 11) is 1.70. The molecule has 3 rings (SSSR count). The first-order valence-electron chi connectivity index (χ1n) is 6.99. The van der Waals surface area contributed by atoms with Crippen molar-refractivity contribution < 1.29 is 18.7 Å². The van der Waals surface area contributed by atoms with Crippen LogP contribution in [0.4, 0.5) is 14.5 Å². The summed E-state index contributed by atoms with van der Waals surface area (Å²) in [6.45, 7) is 0. The lowest BCUT2D eigenvalue weighted by Gasteiger charge is -2.31. The van der Waals surface area contributed by atoms with Gasteiger partial charge in [0.15, 0.2) is 17.4 Å². The summed E-state index contributed by atoms with van der Waals surface area (Å²) in [4.78, 5) is 14.0. The van der Waals surface area contributed by atoms with E-state index in [0.717, 1.165) is 23.4 Å². The average molecular weight is 303 g/mol. The molecule has 22 heavy (non-hydrogen) atoms. The Balaban J connectivity index is 1.89. The van der Waals surface area contributed by atoms with Crippen LogP contribution in [-0.2, 0) is 17.6 Å². The maximum absolute atomic E-state index is 13.4. The largest absolute Gasteiger partial charge is 0.503 e. The molecule has 1 N–H and O–H groups in total. The number of benzene rings is 2. The lowest BCUT2D eigenvalue weighted by Crippen LogP contribution is -2.39. The smallest absolute Gasteiger partial charge is 0.230 e. The SMILES string of the molecule is CN1C(=O)C(Cc2cc(F)c(O)c(F)c2)Cc2ccccc21. The van der Waals surface area contributed by atoms with Crippen molar-refractivity contribution in [2.24, 2.45) is 5.92 Å². The number of halogens is 2. The van der Waals surface area contributed by atoms with Gasteiger partial charge < -0.3 is 10.0 Å². The predicted octanol–water partition coefficient (Wildman–Crippen LogP) is 3.05. The molecule has 0 bridgehead atoms. The number of carbonyl (C=O) groups excluding carboxylic acids is 1. The highest BCUT2D eigenvalue weighted by atomic mass is 19.1. The third kappa shape index (κ3) is 2.43. The zero-order valence-electron chi connectivity index (χ0n) is 12.0. The Labute approximate surface area is 126 Å². The fourth-order valence-electron chi connectivity index (χ4n) is 2.94. The van der Waals surface area contributed by atoms with Crippen LogP contribution in [0.2, 0.25) is 0 Å². The van der Waals surface area contributed by atoms with E-state index >= 15 is 0 Å². The zero-order valence-corrected chi connectivity index (χ0v) is 12.0. The van der Waals surface area contributed by atoms with Crippen molar-refractivity contribution in [1.82, 2.24) is 0 Å². The fraction of sp³-hybridized carbons (Fsp3) is 0.235. The minimum absolute atomic E-state index is 0.0763. The van der Waals surface area contributed by atoms with Gasteiger partial charge in [0.25, 0.3) is 0 Å². The molecule has 0 fully saturated rings. The first-order chi connectivity index (χ1) is 10.5. The highest BCUT2D eigenvalue weighted by Crippen LogP contribution is 2.32. The number of amides is 1. The molecule has 2 aromatic rings. The summed E-state index contributed by atoms with van der Waals surface area (Å²) in [5.74, 6) is -3.45. The summed E-state index contributed by atoms with van der Waals surface area (Å²) in [5.41, 5.74) is 2.26. The van der Waals surface area contributed by atoms with Crippen LogP contribution >= 0.6 is 0 Å². The van der Waals surface area contributed by atoms with E-state index in [2.05, 4.69) is 0 Å². The number of carbonyl (C=O) groups is 1. The molecule has 2 aromatic carbocycles. The molecule has 1 heterocycles. The topological polar surface area (TPSA) is 40.5 Å². The minimum atomic E-state index is -1.01. The van der Waals surface area contributed by atoms with Gasteiger partial charge in [-0.15, -0.1) is 0 Å². The lowest BCUT2D eigenvalue weighted by atomic mass is 9.87. The van der Waals surface area contributed by atoms with Crippen LogP contribution in [0.5, 0.6) is 5.75 Å². The van der Waals surface area contributed by atoms with Crippen molar-refractivity contribution >= 4 is 11.6 Å². The van der Waals surface area contributed by atoms with Gasteiger partial charge in [0.05, 0.1) is 0 Å². The van der Waals surface area contributed by atoms with Crippen molar-refractivity contribution in [3.8, 4) is 5.75 Å². The van der Waals surface area contributed by atoms with Crippen molar-refractivity contribution in [3.05, 3.63) is 59.2 Å². The number of rotatable bonds is 2. The van der Waals surface area contributed by atoms with Gasteiger partial charge in [-0.25, -0.2) is 8.78 Å². The quantitative estimate of drug-likeness (QED) is 0.926. The average Bonchev–Trinajstić information content (AvgIpc) is 2.50. The number of hydrogen-bond donors (Lipinski definition) is 1. The molecule has 1 unspecified atom stereocenters. The number of aromatic hydroxyl groups is 1. The summed E-state index contributed by atoms with van der Waals surface area (Å²) in [6.07, 6.45) is 0.759. The molecule has 1 atom stereocenters. The molecule has 1 amide bonds. The van der Waals surface area contributed by atoms with Gasteiger partial charge in [-0.2, -0.15) is 0 Å². The van der Waals surface area contributed by atoms with E-state index in [-0.39, 0.29) is 18.2 Å². The van der Waals surface area contributed by atoms with Gasteiger partial charge in [-0.1, -0.05) is 18.2 Å². The number of hydrogen-bond acceptors (Lipinski definition) is 2. The van der Waals surface area contributed by atoms with Crippen LogP contribution in [0.3, 0.4) is 0 Å². The Kier molecular flexibility index (Phi) is 3.56. The summed E-state index contributed by atoms with van der Waals surface area (Å²) in [5, 5.41) is 9.14. The van der Waals surface area contributed by atoms with Crippen LogP contribution < -0.4 is 4.90 Å². The molecule has 0 spiro atoms. The van der Waals surface area contributed by atoms with E-state index in [9.17, 15) is 13.6 Å². The van der Waals surface area contributed by atoms with Gasteiger partial charge in [-0.05, 0) is 42.2 Å². The number of phenols is 1. The Morgan fingerprint density at radius 3 is 2.55 bits per heavy atom. The van der Waals surface area contributed by atoms with Gasteiger partial charge in [-0.3, -0.25) is 4.79 Å². The van der Waals surface area contributed by atoms with Crippen LogP contribution in [0.1, 0.15) is 11.1 Å². The van der Waals surface area contributed by atoms with Crippen LogP contribution in [0.25, 0.3) is 0 Å². The van der Waals surface area contributed by atoms with E-state index < -0.39 is 17.4 Å². The van der Waals surface area contributed by atoms with Crippen LogP contribution in [-0.4, -0.2) is 18.1 Å². The molecule has 3 nitrogen and oxygen atoms in total. The number of nitrogens with zero attached hydrogens (tertiary/aromatic N) is 1. The molecular formula is C17H15F2NO2. The van der Waals surface area contributed by atoms with Gasteiger partial charge in [0.1, 0.15) is 0 Å². The highest BCUT2D eigenvalue weighted by Gasteiger charge is 2.30. The summed E-state index contributed by atoms with van der Waals surface area (Å²) in [6, 6.07) is 9.75. The standard InChI is InChI=1S/C17H15F2NO2/c1-20-15-5-3-2-4-11(15)9-12(17(20)22)6-10-7-13(18)16(21)14(19)8-10/h2-5,7-8,12,21H,6,9H2,1H3. The highest BCUT2D eigenvalue weighted by molar-refractivity contribution is 5.97. The van der Waals surface area contributed by atoms with Crippen molar-refractivity contribution in [3.63, 3.8) is 0 Å². The number of anilines is 1. The lowest BCUT2D eigenvalue weighted by molar-refractivity contribution is -0.122. The Bertz CT molecular complexity index is 722. The molecule has 0 aromatic heterocycles. The molecule has 1 aliphatic heterocycles. The van der Waals surface area contributed by atoms with Crippen molar-refractivity contribution in [2.45, 2.75) is 12.8 Å². The second-order valence-corrected chi connectivity index (χ2v) is 5.54. The maximum Gasteiger partial charge on any atom is 0.230 e. The second kappa shape index (κ2) is 5.40. The zero-order chi connectivity index (χ0) is 15.9. The van der Waals surface area contributed by atoms with Gasteiger partial charge in [0.2, 0.25) is 5.91 Å². The van der Waals surface area contributed by atoms with Gasteiger partial charge >= 0.3 is 0 Å². The number of fused-ring (bicyclic) bond motifs is 1. The Morgan fingerprint density at radius 2 is 1.86 bits per heavy atom. The molecular weight excluding hydrogens is 288 g/mol. The summed E-state index contributed by atoms with van der Waals surface area (Å²) >= 11 is 0. The second-order valence-electron chi connectivity index (χ2n) is 5.54. The first-order valence-corrected chi connectivity index (χ1v) is 6.99. The normalized spacial score (nSPS) is 17.5. The monoisotopic (exact) mass is 303 g/mol. The van der Waals surface area contributed by atoms with Crippen LogP contribution in [0.15, 0.2) is 36.4 Å². The third-order valence-corrected chi connectivity index (χ3v) is 4.06. The third-order valence-electron chi connectivity index (χ3n) is 4.06. The van der Waals surface area contributed by atoms with E-state index in [1.165, 1.54) is 0 Å². The molecule has 0 saturated heterocycles. The number of phenolic OH excluding ortho intramolecular Hbond substituents is 1. The van der Waals surface area contributed by atoms with E-state index in [1.807, 2.05) is 24.3 Å². The van der Waals surface area contributed by atoms with E-state index in [1.54, 1.807) is 11.9 Å². The van der Waals surface area contributed by atoms with E-state index in [4.69, 9.17) is 5.11 Å². The minimum Gasteiger partial charge on any atom is -0.503 e. The Morgan fingerprint density at radius 1 is 1.23 bits per heavy atom. The molecule has 0 radical (unpaired) electrons. The number of para-hydroxylation sites is 1. The molecule has 0 saturated carbocycles. The predicted molar refractivity (Wildman–Crippen MR) is 78.8 cm³/mol. The molecule has 114 valence electrons. The van der Waals surface area contributed by atoms with Crippen LogP contribution in [0, 0.1) is 17.6 Å². The van der Waals surface area contributed by atoms with Crippen molar-refractivity contribution in [1.29, 1.82) is 0 Å². The molecule has 1 aliphatic rings. The molecule has 5 heteroatoms. The molecule has 0 aliphatic carbocycles. The summed E-state index contributed by atoms with van der Waals surface area (Å²) < 4.78 is 26.8. The first kappa shape index (κ1) is 14.5. The Hall–Kier alpha value is -2.43. The maximum atomic E-state index is 13.4. The fourth-order valence-corrected chi connectivity index (χ4v) is 2.94. The van der Waals surface area contributed by atoms with Gasteiger partial charge in [0, 0.05) is 18.7 Å². The van der Waals surface area contributed by atoms with Crippen molar-refractivity contribution in [2.75, 3.05) is 11.9 Å².